The fourth-order valence-electron chi connectivity index (χ4n) is 2.06. The molecule has 1 fully saturated rings. The first-order chi connectivity index (χ1) is 9.50. The lowest BCUT2D eigenvalue weighted by molar-refractivity contribution is -0.147. The Labute approximate surface area is 115 Å². The number of nitrogens with zero attached hydrogens (tertiary/aromatic N) is 1. The van der Waals surface area contributed by atoms with Crippen LogP contribution >= 0.6 is 0 Å². The first kappa shape index (κ1) is 14.2. The topological polar surface area (TPSA) is 83.9 Å². The number of hydrogen-bond donors (Lipinski definition) is 1. The molecule has 6 heteroatoms. The van der Waals surface area contributed by atoms with Crippen LogP contribution in [0.3, 0.4) is 0 Å². The molecule has 1 aromatic carbocycles. The van der Waals surface area contributed by atoms with Gasteiger partial charge in [-0.05, 0) is 19.1 Å². The van der Waals surface area contributed by atoms with Gasteiger partial charge in [0.1, 0.15) is 0 Å². The normalized spacial score (nSPS) is 18.6. The number of aliphatic carboxylic acids is 1. The Bertz CT molecular complexity index is 537. The molecule has 1 unspecified atom stereocenters. The lowest BCUT2D eigenvalue weighted by Gasteiger charge is -2.32. The van der Waals surface area contributed by atoms with E-state index in [1.807, 2.05) is 0 Å². The summed E-state index contributed by atoms with van der Waals surface area (Å²) in [7, 11) is 0. The number of Topliss-reactive ketones (excluding diaryl/α,β-unsaturated/α-hetero) is 1. The number of rotatable bonds is 3. The average Bonchev–Trinajstić information content (AvgIpc) is 2.46. The standard InChI is InChI=1S/C14H15NO5/c1-9(16)10-2-4-11(5-3-10)13(17)15-6-7-20-8-12(15)14(18)19/h2-5,12H,6-8H2,1H3,(H,18,19). The minimum Gasteiger partial charge on any atom is -0.480 e. The van der Waals surface area contributed by atoms with Crippen molar-refractivity contribution in [2.75, 3.05) is 19.8 Å². The summed E-state index contributed by atoms with van der Waals surface area (Å²) < 4.78 is 5.09. The molecule has 0 bridgehead atoms. The average molecular weight is 277 g/mol. The third-order valence-electron chi connectivity index (χ3n) is 3.21. The largest absolute Gasteiger partial charge is 0.480 e. The van der Waals surface area contributed by atoms with Crippen molar-refractivity contribution in [2.24, 2.45) is 0 Å². The van der Waals surface area contributed by atoms with Crippen LogP contribution in [0.15, 0.2) is 24.3 Å². The van der Waals surface area contributed by atoms with Crippen molar-refractivity contribution in [1.29, 1.82) is 0 Å². The number of benzene rings is 1. The minimum atomic E-state index is -1.08. The summed E-state index contributed by atoms with van der Waals surface area (Å²) in [5, 5.41) is 9.10. The Morgan fingerprint density at radius 1 is 1.20 bits per heavy atom. The maximum atomic E-state index is 12.3. The molecule has 0 saturated carbocycles. The second kappa shape index (κ2) is 5.83. The number of carbonyl (C=O) groups is 3. The van der Waals surface area contributed by atoms with E-state index in [4.69, 9.17) is 9.84 Å². The first-order valence-electron chi connectivity index (χ1n) is 6.23. The van der Waals surface area contributed by atoms with Gasteiger partial charge in [-0.2, -0.15) is 0 Å². The van der Waals surface area contributed by atoms with Gasteiger partial charge in [0.15, 0.2) is 11.8 Å². The molecular formula is C14H15NO5. The zero-order valence-electron chi connectivity index (χ0n) is 11.0. The second-order valence-electron chi connectivity index (χ2n) is 4.56. The predicted octanol–water partition coefficient (Wildman–Crippen LogP) is 0.815. The van der Waals surface area contributed by atoms with Crippen LogP contribution < -0.4 is 0 Å². The predicted molar refractivity (Wildman–Crippen MR) is 69.7 cm³/mol. The van der Waals surface area contributed by atoms with Gasteiger partial charge in [0.2, 0.25) is 0 Å². The number of carboxylic acid groups (broad SMARTS) is 1. The second-order valence-corrected chi connectivity index (χ2v) is 4.56. The highest BCUT2D eigenvalue weighted by Crippen LogP contribution is 2.14. The van der Waals surface area contributed by atoms with Crippen molar-refractivity contribution in [3.8, 4) is 0 Å². The van der Waals surface area contributed by atoms with E-state index in [1.54, 1.807) is 12.1 Å². The van der Waals surface area contributed by atoms with Gasteiger partial charge >= 0.3 is 5.97 Å². The summed E-state index contributed by atoms with van der Waals surface area (Å²) in [6.07, 6.45) is 0. The highest BCUT2D eigenvalue weighted by molar-refractivity contribution is 5.99. The van der Waals surface area contributed by atoms with Crippen LogP contribution in [0.2, 0.25) is 0 Å². The Kier molecular flexibility index (Phi) is 4.14. The smallest absolute Gasteiger partial charge is 0.328 e. The maximum absolute atomic E-state index is 12.3. The quantitative estimate of drug-likeness (QED) is 0.827. The molecule has 1 heterocycles. The Balaban J connectivity index is 2.20. The molecular weight excluding hydrogens is 262 g/mol. The van der Waals surface area contributed by atoms with E-state index in [-0.39, 0.29) is 24.8 Å². The van der Waals surface area contributed by atoms with E-state index in [1.165, 1.54) is 24.0 Å². The zero-order chi connectivity index (χ0) is 14.7. The molecule has 0 spiro atoms. The van der Waals surface area contributed by atoms with Crippen LogP contribution in [0.5, 0.6) is 0 Å². The monoisotopic (exact) mass is 277 g/mol. The Morgan fingerprint density at radius 3 is 2.35 bits per heavy atom. The van der Waals surface area contributed by atoms with Gasteiger partial charge in [-0.1, -0.05) is 12.1 Å². The lowest BCUT2D eigenvalue weighted by atomic mass is 10.1. The molecule has 0 radical (unpaired) electrons. The molecule has 0 aliphatic carbocycles. The van der Waals surface area contributed by atoms with Crippen LogP contribution in [0.4, 0.5) is 0 Å². The fraction of sp³-hybridized carbons (Fsp3) is 0.357. The third kappa shape index (κ3) is 2.85. The molecule has 2 rings (SSSR count). The van der Waals surface area contributed by atoms with E-state index < -0.39 is 12.0 Å². The molecule has 1 aromatic rings. The van der Waals surface area contributed by atoms with Gasteiger partial charge < -0.3 is 14.7 Å². The molecule has 1 amide bonds. The van der Waals surface area contributed by atoms with E-state index in [0.717, 1.165) is 0 Å². The zero-order valence-corrected chi connectivity index (χ0v) is 11.0. The van der Waals surface area contributed by atoms with Gasteiger partial charge in [-0.25, -0.2) is 4.79 Å². The molecule has 6 nitrogen and oxygen atoms in total. The van der Waals surface area contributed by atoms with E-state index in [0.29, 0.717) is 17.7 Å². The number of morpholine rings is 1. The third-order valence-corrected chi connectivity index (χ3v) is 3.21. The van der Waals surface area contributed by atoms with Gasteiger partial charge in [0.25, 0.3) is 5.91 Å². The van der Waals surface area contributed by atoms with Gasteiger partial charge in [-0.3, -0.25) is 9.59 Å². The summed E-state index contributed by atoms with van der Waals surface area (Å²) in [6.45, 7) is 2.00. The number of ether oxygens (including phenoxy) is 1. The van der Waals surface area contributed by atoms with Crippen LogP contribution in [0.25, 0.3) is 0 Å². The Morgan fingerprint density at radius 2 is 1.80 bits per heavy atom. The molecule has 1 aliphatic heterocycles. The first-order valence-corrected chi connectivity index (χ1v) is 6.23. The van der Waals surface area contributed by atoms with Crippen molar-refractivity contribution in [3.63, 3.8) is 0 Å². The molecule has 0 aromatic heterocycles. The van der Waals surface area contributed by atoms with Crippen LogP contribution in [-0.4, -0.2) is 53.5 Å². The molecule has 1 aliphatic rings. The van der Waals surface area contributed by atoms with E-state index >= 15 is 0 Å². The molecule has 20 heavy (non-hydrogen) atoms. The summed E-state index contributed by atoms with van der Waals surface area (Å²) >= 11 is 0. The lowest BCUT2D eigenvalue weighted by Crippen LogP contribution is -2.52. The van der Waals surface area contributed by atoms with Crippen LogP contribution in [0, 0.1) is 0 Å². The van der Waals surface area contributed by atoms with Crippen molar-refractivity contribution in [2.45, 2.75) is 13.0 Å². The summed E-state index contributed by atoms with van der Waals surface area (Å²) in [5.74, 6) is -1.53. The summed E-state index contributed by atoms with van der Waals surface area (Å²) in [6, 6.07) is 5.22. The maximum Gasteiger partial charge on any atom is 0.328 e. The van der Waals surface area contributed by atoms with Crippen molar-refractivity contribution >= 4 is 17.7 Å². The van der Waals surface area contributed by atoms with Crippen molar-refractivity contribution in [3.05, 3.63) is 35.4 Å². The van der Waals surface area contributed by atoms with Crippen molar-refractivity contribution < 1.29 is 24.2 Å². The Hall–Kier alpha value is -2.21. The van der Waals surface area contributed by atoms with Crippen LogP contribution in [-0.2, 0) is 9.53 Å². The van der Waals surface area contributed by atoms with Gasteiger partial charge in [0, 0.05) is 17.7 Å². The number of carbonyl (C=O) groups excluding carboxylic acids is 2. The number of ketones is 1. The molecule has 106 valence electrons. The SMILES string of the molecule is CC(=O)c1ccc(C(=O)N2CCOCC2C(=O)O)cc1. The minimum absolute atomic E-state index is 0.00734. The highest BCUT2D eigenvalue weighted by atomic mass is 16.5. The van der Waals surface area contributed by atoms with Gasteiger partial charge in [-0.15, -0.1) is 0 Å². The van der Waals surface area contributed by atoms with Crippen LogP contribution in [0.1, 0.15) is 27.6 Å². The van der Waals surface area contributed by atoms with Crippen molar-refractivity contribution in [1.82, 2.24) is 4.90 Å². The number of amides is 1. The molecule has 1 N–H and O–H groups in total. The highest BCUT2D eigenvalue weighted by Gasteiger charge is 2.33. The van der Waals surface area contributed by atoms with E-state index in [9.17, 15) is 14.4 Å². The number of carboxylic acids is 1. The summed E-state index contributed by atoms with van der Waals surface area (Å²) in [4.78, 5) is 35.9. The van der Waals surface area contributed by atoms with Gasteiger partial charge in [0.05, 0.1) is 13.2 Å². The molecule has 1 saturated heterocycles. The molecule has 1 atom stereocenters. The van der Waals surface area contributed by atoms with E-state index in [2.05, 4.69) is 0 Å². The summed E-state index contributed by atoms with van der Waals surface area (Å²) in [5.41, 5.74) is 0.876. The fourth-order valence-corrected chi connectivity index (χ4v) is 2.06. The number of hydrogen-bond acceptors (Lipinski definition) is 4.